The van der Waals surface area contributed by atoms with Gasteiger partial charge in [-0.05, 0) is 0 Å². The summed E-state index contributed by atoms with van der Waals surface area (Å²) < 4.78 is 28.2. The molecule has 1 aromatic rings. The number of hydrogen-bond donors (Lipinski definition) is 1. The number of urea groups is 1. The van der Waals surface area contributed by atoms with Crippen LogP contribution in [0.5, 0.6) is 0 Å². The largest absolute Gasteiger partial charge is 0.363 e. The lowest BCUT2D eigenvalue weighted by atomic mass is 10.5. The van der Waals surface area contributed by atoms with Crippen molar-refractivity contribution in [1.82, 2.24) is 10.1 Å². The van der Waals surface area contributed by atoms with Gasteiger partial charge in [0, 0.05) is 13.1 Å². The van der Waals surface area contributed by atoms with E-state index >= 15 is 0 Å². The zero-order valence-corrected chi connectivity index (χ0v) is 7.41. The molecule has 0 aromatic carbocycles. The first-order valence-corrected chi connectivity index (χ1v) is 3.80. The van der Waals surface area contributed by atoms with Gasteiger partial charge in [-0.25, -0.2) is 13.6 Å². The molecule has 0 saturated heterocycles. The molecule has 2 amide bonds. The zero-order chi connectivity index (χ0) is 10.6. The standard InChI is InChI=1S/C7H9F2N3O2/c1-12(4-5(8)9)7(13)10-6-2-3-14-11-6/h2-3,5H,4H2,1H3,(H,10,11,13). The van der Waals surface area contributed by atoms with E-state index in [1.165, 1.54) is 19.4 Å². The van der Waals surface area contributed by atoms with E-state index in [-0.39, 0.29) is 5.82 Å². The summed E-state index contributed by atoms with van der Waals surface area (Å²) >= 11 is 0. The number of rotatable bonds is 3. The Morgan fingerprint density at radius 1 is 1.79 bits per heavy atom. The fourth-order valence-electron chi connectivity index (χ4n) is 0.772. The Balaban J connectivity index is 2.42. The van der Waals surface area contributed by atoms with Gasteiger partial charge in [0.05, 0.1) is 6.54 Å². The van der Waals surface area contributed by atoms with Gasteiger partial charge in [0.25, 0.3) is 6.43 Å². The van der Waals surface area contributed by atoms with Crippen LogP contribution in [-0.2, 0) is 0 Å². The molecule has 0 spiro atoms. The maximum Gasteiger partial charge on any atom is 0.323 e. The fourth-order valence-corrected chi connectivity index (χ4v) is 0.772. The van der Waals surface area contributed by atoms with Gasteiger partial charge in [0.15, 0.2) is 5.82 Å². The van der Waals surface area contributed by atoms with Crippen LogP contribution in [0.2, 0.25) is 0 Å². The number of halogens is 2. The molecular weight excluding hydrogens is 196 g/mol. The molecule has 0 fully saturated rings. The average molecular weight is 205 g/mol. The Bertz CT molecular complexity index is 289. The van der Waals surface area contributed by atoms with E-state index in [9.17, 15) is 13.6 Å². The number of hydrogen-bond acceptors (Lipinski definition) is 3. The van der Waals surface area contributed by atoms with Crippen LogP contribution < -0.4 is 5.32 Å². The number of carbonyl (C=O) groups is 1. The van der Waals surface area contributed by atoms with Gasteiger partial charge in [0.2, 0.25) is 0 Å². The monoisotopic (exact) mass is 205 g/mol. The van der Waals surface area contributed by atoms with Crippen LogP contribution in [0.4, 0.5) is 19.4 Å². The number of alkyl halides is 2. The summed E-state index contributed by atoms with van der Waals surface area (Å²) in [6.07, 6.45) is -1.29. The van der Waals surface area contributed by atoms with Crippen molar-refractivity contribution >= 4 is 11.8 Å². The van der Waals surface area contributed by atoms with Crippen molar-refractivity contribution in [2.24, 2.45) is 0 Å². The van der Waals surface area contributed by atoms with Crippen LogP contribution in [-0.4, -0.2) is 36.1 Å². The summed E-state index contributed by atoms with van der Waals surface area (Å²) in [5.41, 5.74) is 0. The Labute approximate surface area is 78.7 Å². The molecule has 1 N–H and O–H groups in total. The van der Waals surface area contributed by atoms with Gasteiger partial charge in [-0.3, -0.25) is 5.32 Å². The minimum atomic E-state index is -2.55. The van der Waals surface area contributed by atoms with Crippen molar-refractivity contribution in [3.05, 3.63) is 12.3 Å². The van der Waals surface area contributed by atoms with E-state index in [0.717, 1.165) is 4.90 Å². The molecular formula is C7H9F2N3O2. The maximum atomic E-state index is 11.9. The van der Waals surface area contributed by atoms with Gasteiger partial charge in [-0.1, -0.05) is 5.16 Å². The van der Waals surface area contributed by atoms with Gasteiger partial charge < -0.3 is 9.42 Å². The van der Waals surface area contributed by atoms with Gasteiger partial charge >= 0.3 is 6.03 Å². The molecule has 0 saturated carbocycles. The molecule has 0 bridgehead atoms. The van der Waals surface area contributed by atoms with E-state index in [1.807, 2.05) is 0 Å². The van der Waals surface area contributed by atoms with Crippen LogP contribution in [0.25, 0.3) is 0 Å². The van der Waals surface area contributed by atoms with E-state index in [2.05, 4.69) is 15.0 Å². The lowest BCUT2D eigenvalue weighted by Gasteiger charge is -2.15. The second-order valence-corrected chi connectivity index (χ2v) is 2.59. The highest BCUT2D eigenvalue weighted by molar-refractivity contribution is 5.87. The topological polar surface area (TPSA) is 58.4 Å². The molecule has 1 aromatic heterocycles. The van der Waals surface area contributed by atoms with E-state index < -0.39 is 19.0 Å². The number of anilines is 1. The normalized spacial score (nSPS) is 10.3. The number of aromatic nitrogens is 1. The SMILES string of the molecule is CN(CC(F)F)C(=O)Nc1ccon1. The third-order valence-electron chi connectivity index (χ3n) is 1.43. The molecule has 14 heavy (non-hydrogen) atoms. The number of carbonyl (C=O) groups excluding carboxylic acids is 1. The zero-order valence-electron chi connectivity index (χ0n) is 7.41. The molecule has 7 heteroatoms. The predicted octanol–water partition coefficient (Wildman–Crippen LogP) is 1.40. The van der Waals surface area contributed by atoms with Crippen molar-refractivity contribution in [2.45, 2.75) is 6.43 Å². The summed E-state index contributed by atoms with van der Waals surface area (Å²) in [7, 11) is 1.27. The highest BCUT2D eigenvalue weighted by Gasteiger charge is 2.14. The van der Waals surface area contributed by atoms with Crippen LogP contribution in [0.15, 0.2) is 16.9 Å². The molecule has 0 aliphatic heterocycles. The summed E-state index contributed by atoms with van der Waals surface area (Å²) in [6.45, 7) is -0.621. The highest BCUT2D eigenvalue weighted by Crippen LogP contribution is 2.03. The molecule has 1 rings (SSSR count). The first-order valence-electron chi connectivity index (χ1n) is 3.80. The van der Waals surface area contributed by atoms with Crippen LogP contribution in [0.1, 0.15) is 0 Å². The van der Waals surface area contributed by atoms with Crippen molar-refractivity contribution in [3.63, 3.8) is 0 Å². The quantitative estimate of drug-likeness (QED) is 0.811. The summed E-state index contributed by atoms with van der Waals surface area (Å²) in [4.78, 5) is 12.0. The molecule has 0 radical (unpaired) electrons. The molecule has 5 nitrogen and oxygen atoms in total. The van der Waals surface area contributed by atoms with Crippen molar-refractivity contribution < 1.29 is 18.1 Å². The minimum absolute atomic E-state index is 0.191. The smallest absolute Gasteiger partial charge is 0.323 e. The first-order chi connectivity index (χ1) is 6.59. The van der Waals surface area contributed by atoms with Gasteiger partial charge in [-0.15, -0.1) is 0 Å². The lowest BCUT2D eigenvalue weighted by Crippen LogP contribution is -2.34. The summed E-state index contributed by atoms with van der Waals surface area (Å²) in [5.74, 6) is 0.191. The highest BCUT2D eigenvalue weighted by atomic mass is 19.3. The van der Waals surface area contributed by atoms with Gasteiger partial charge in [-0.2, -0.15) is 0 Å². The summed E-state index contributed by atoms with van der Waals surface area (Å²) in [5, 5.41) is 5.67. The van der Waals surface area contributed by atoms with E-state index in [1.54, 1.807) is 0 Å². The van der Waals surface area contributed by atoms with Crippen molar-refractivity contribution in [3.8, 4) is 0 Å². The number of nitrogens with zero attached hydrogens (tertiary/aromatic N) is 2. The van der Waals surface area contributed by atoms with Crippen molar-refractivity contribution in [2.75, 3.05) is 18.9 Å². The predicted molar refractivity (Wildman–Crippen MR) is 44.2 cm³/mol. The molecule has 0 aliphatic carbocycles. The summed E-state index contributed by atoms with van der Waals surface area (Å²) in [6, 6.07) is 0.757. The second kappa shape index (κ2) is 4.54. The Morgan fingerprint density at radius 2 is 2.50 bits per heavy atom. The Morgan fingerprint density at radius 3 is 3.00 bits per heavy atom. The van der Waals surface area contributed by atoms with E-state index in [0.29, 0.717) is 0 Å². The lowest BCUT2D eigenvalue weighted by molar-refractivity contribution is 0.111. The molecule has 0 aliphatic rings. The third kappa shape index (κ3) is 3.00. The number of amides is 2. The van der Waals surface area contributed by atoms with E-state index in [4.69, 9.17) is 0 Å². The fraction of sp³-hybridized carbons (Fsp3) is 0.429. The Kier molecular flexibility index (Phi) is 3.38. The molecule has 0 atom stereocenters. The molecule has 78 valence electrons. The number of nitrogens with one attached hydrogen (secondary N) is 1. The second-order valence-electron chi connectivity index (χ2n) is 2.59. The van der Waals surface area contributed by atoms with Gasteiger partial charge in [0.1, 0.15) is 6.26 Å². The van der Waals surface area contributed by atoms with Crippen LogP contribution >= 0.6 is 0 Å². The third-order valence-corrected chi connectivity index (χ3v) is 1.43. The first kappa shape index (κ1) is 10.4. The maximum absolute atomic E-state index is 11.9. The molecule has 1 heterocycles. The van der Waals surface area contributed by atoms with Crippen molar-refractivity contribution in [1.29, 1.82) is 0 Å². The van der Waals surface area contributed by atoms with Crippen LogP contribution in [0.3, 0.4) is 0 Å². The average Bonchev–Trinajstić information content (AvgIpc) is 2.55. The molecule has 0 unspecified atom stereocenters. The van der Waals surface area contributed by atoms with Crippen LogP contribution in [0, 0.1) is 0 Å². The Hall–Kier alpha value is -1.66. The minimum Gasteiger partial charge on any atom is -0.363 e.